The number of fused-ring (bicyclic) bond motifs is 1. The molecule has 0 saturated carbocycles. The molecular formula is C17H14N2O. The Bertz CT molecular complexity index is 809. The number of carbonyl (C=O) groups is 1. The molecule has 0 aliphatic rings. The highest BCUT2D eigenvalue weighted by Crippen LogP contribution is 2.24. The maximum absolute atomic E-state index is 12.5. The molecule has 3 nitrogen and oxygen atoms in total. The van der Waals surface area contributed by atoms with Crippen LogP contribution in [-0.2, 0) is 0 Å². The largest absolute Gasteiger partial charge is 0.398 e. The Hall–Kier alpha value is -2.68. The fourth-order valence-corrected chi connectivity index (χ4v) is 2.29. The highest BCUT2D eigenvalue weighted by Gasteiger charge is 2.13. The molecule has 1 heterocycles. The van der Waals surface area contributed by atoms with Crippen molar-refractivity contribution in [2.24, 2.45) is 0 Å². The van der Waals surface area contributed by atoms with Gasteiger partial charge in [-0.05, 0) is 41.5 Å². The zero-order valence-electron chi connectivity index (χ0n) is 11.1. The van der Waals surface area contributed by atoms with E-state index >= 15 is 0 Å². The number of nitrogens with two attached hydrogens (primary N) is 1. The second-order valence-corrected chi connectivity index (χ2v) is 4.87. The van der Waals surface area contributed by atoms with Crippen molar-refractivity contribution in [1.82, 2.24) is 4.98 Å². The van der Waals surface area contributed by atoms with Gasteiger partial charge in [0.1, 0.15) is 0 Å². The summed E-state index contributed by atoms with van der Waals surface area (Å²) in [5, 5.41) is 2.04. The van der Waals surface area contributed by atoms with E-state index < -0.39 is 0 Å². The molecule has 0 atom stereocenters. The summed E-state index contributed by atoms with van der Waals surface area (Å²) < 4.78 is 0. The van der Waals surface area contributed by atoms with Crippen molar-refractivity contribution >= 4 is 22.2 Å². The molecule has 2 N–H and O–H groups in total. The minimum atomic E-state index is -0.0931. The van der Waals surface area contributed by atoms with Crippen LogP contribution in [0.15, 0.2) is 54.9 Å². The van der Waals surface area contributed by atoms with Gasteiger partial charge in [0.15, 0.2) is 5.78 Å². The Morgan fingerprint density at radius 3 is 2.45 bits per heavy atom. The smallest absolute Gasteiger partial charge is 0.196 e. The molecule has 3 rings (SSSR count). The lowest BCUT2D eigenvalue weighted by atomic mass is 9.98. The number of aromatic nitrogens is 1. The zero-order chi connectivity index (χ0) is 14.1. The summed E-state index contributed by atoms with van der Waals surface area (Å²) in [6.45, 7) is 1.91. The van der Waals surface area contributed by atoms with Crippen molar-refractivity contribution in [3.8, 4) is 0 Å². The van der Waals surface area contributed by atoms with Crippen molar-refractivity contribution in [2.45, 2.75) is 6.92 Å². The Balaban J connectivity index is 2.14. The number of carbonyl (C=O) groups excluding carboxylic acids is 1. The van der Waals surface area contributed by atoms with E-state index in [1.54, 1.807) is 12.4 Å². The average molecular weight is 262 g/mol. The summed E-state index contributed by atoms with van der Waals surface area (Å²) in [5.74, 6) is -0.0931. The van der Waals surface area contributed by atoms with Crippen LogP contribution in [0.3, 0.4) is 0 Å². The van der Waals surface area contributed by atoms with Gasteiger partial charge < -0.3 is 5.73 Å². The van der Waals surface area contributed by atoms with Gasteiger partial charge in [0.05, 0.1) is 0 Å². The number of aryl methyl sites for hydroxylation is 1. The van der Waals surface area contributed by atoms with Crippen LogP contribution in [0.4, 0.5) is 5.69 Å². The third-order valence-corrected chi connectivity index (χ3v) is 3.30. The molecule has 0 fully saturated rings. The van der Waals surface area contributed by atoms with E-state index in [2.05, 4.69) is 4.98 Å². The summed E-state index contributed by atoms with van der Waals surface area (Å²) in [6, 6.07) is 13.4. The normalized spacial score (nSPS) is 10.7. The van der Waals surface area contributed by atoms with Gasteiger partial charge in [-0.3, -0.25) is 9.78 Å². The maximum atomic E-state index is 12.5. The number of nitrogens with zero attached hydrogens (tertiary/aromatic N) is 1. The second kappa shape index (κ2) is 4.78. The molecule has 0 saturated heterocycles. The number of nitrogen functional groups attached to an aromatic ring is 1. The molecule has 2 aromatic carbocycles. The summed E-state index contributed by atoms with van der Waals surface area (Å²) in [5.41, 5.74) is 8.56. The predicted octanol–water partition coefficient (Wildman–Crippen LogP) is 3.36. The first-order chi connectivity index (χ1) is 9.65. The van der Waals surface area contributed by atoms with E-state index in [4.69, 9.17) is 5.73 Å². The molecule has 0 spiro atoms. The lowest BCUT2D eigenvalue weighted by Gasteiger charge is -2.07. The highest BCUT2D eigenvalue weighted by molar-refractivity contribution is 6.14. The van der Waals surface area contributed by atoms with Crippen LogP contribution in [0.2, 0.25) is 0 Å². The van der Waals surface area contributed by atoms with Crippen LogP contribution < -0.4 is 5.73 Å². The number of hydrogen-bond donors (Lipinski definition) is 1. The van der Waals surface area contributed by atoms with E-state index in [0.29, 0.717) is 16.8 Å². The van der Waals surface area contributed by atoms with Crippen LogP contribution in [-0.4, -0.2) is 10.8 Å². The summed E-state index contributed by atoms with van der Waals surface area (Å²) >= 11 is 0. The standard InChI is InChI=1S/C17H14N2O/c1-11-6-14(10-19-9-11)17(20)15-7-12-4-2-3-5-13(12)8-16(15)18/h2-10H,18H2,1H3. The second-order valence-electron chi connectivity index (χ2n) is 4.87. The fraction of sp³-hybridized carbons (Fsp3) is 0.0588. The summed E-state index contributed by atoms with van der Waals surface area (Å²) in [6.07, 6.45) is 3.30. The fourth-order valence-electron chi connectivity index (χ4n) is 2.29. The van der Waals surface area contributed by atoms with Gasteiger partial charge in [0, 0.05) is 29.2 Å². The van der Waals surface area contributed by atoms with E-state index in [1.807, 2.05) is 49.4 Å². The number of anilines is 1. The van der Waals surface area contributed by atoms with Crippen molar-refractivity contribution in [1.29, 1.82) is 0 Å². The molecule has 0 bridgehead atoms. The van der Waals surface area contributed by atoms with E-state index in [1.165, 1.54) is 0 Å². The van der Waals surface area contributed by atoms with Crippen molar-refractivity contribution < 1.29 is 4.79 Å². The molecule has 1 aromatic heterocycles. The van der Waals surface area contributed by atoms with Gasteiger partial charge in [0.2, 0.25) is 0 Å². The van der Waals surface area contributed by atoms with Crippen molar-refractivity contribution in [2.75, 3.05) is 5.73 Å². The Morgan fingerprint density at radius 2 is 1.75 bits per heavy atom. The number of hydrogen-bond acceptors (Lipinski definition) is 3. The molecule has 0 amide bonds. The number of rotatable bonds is 2. The van der Waals surface area contributed by atoms with Crippen LogP contribution in [0.1, 0.15) is 21.5 Å². The van der Waals surface area contributed by atoms with E-state index in [-0.39, 0.29) is 5.78 Å². The Morgan fingerprint density at radius 1 is 1.05 bits per heavy atom. The van der Waals surface area contributed by atoms with Crippen molar-refractivity contribution in [3.63, 3.8) is 0 Å². The van der Waals surface area contributed by atoms with Gasteiger partial charge in [-0.2, -0.15) is 0 Å². The van der Waals surface area contributed by atoms with Crippen molar-refractivity contribution in [3.05, 3.63) is 71.5 Å². The first-order valence-electron chi connectivity index (χ1n) is 6.40. The minimum absolute atomic E-state index is 0.0931. The minimum Gasteiger partial charge on any atom is -0.398 e. The van der Waals surface area contributed by atoms with Gasteiger partial charge in [-0.25, -0.2) is 0 Å². The monoisotopic (exact) mass is 262 g/mol. The molecule has 0 aliphatic heterocycles. The maximum Gasteiger partial charge on any atom is 0.196 e. The van der Waals surface area contributed by atoms with E-state index in [9.17, 15) is 4.79 Å². The molecule has 3 aromatic rings. The van der Waals surface area contributed by atoms with Gasteiger partial charge in [-0.15, -0.1) is 0 Å². The number of ketones is 1. The first-order valence-corrected chi connectivity index (χ1v) is 6.40. The summed E-state index contributed by atoms with van der Waals surface area (Å²) in [7, 11) is 0. The highest BCUT2D eigenvalue weighted by atomic mass is 16.1. The van der Waals surface area contributed by atoms with Gasteiger partial charge >= 0.3 is 0 Å². The van der Waals surface area contributed by atoms with Gasteiger partial charge in [-0.1, -0.05) is 24.3 Å². The topological polar surface area (TPSA) is 56.0 Å². The van der Waals surface area contributed by atoms with Gasteiger partial charge in [0.25, 0.3) is 0 Å². The molecule has 3 heteroatoms. The molecule has 0 radical (unpaired) electrons. The molecule has 98 valence electrons. The van der Waals surface area contributed by atoms with Crippen LogP contribution in [0.25, 0.3) is 10.8 Å². The average Bonchev–Trinajstić information content (AvgIpc) is 2.46. The van der Waals surface area contributed by atoms with Crippen LogP contribution in [0.5, 0.6) is 0 Å². The molecule has 0 unspecified atom stereocenters. The molecular weight excluding hydrogens is 248 g/mol. The number of benzene rings is 2. The number of pyridine rings is 1. The Kier molecular flexibility index (Phi) is 2.95. The lowest BCUT2D eigenvalue weighted by Crippen LogP contribution is -2.06. The van der Waals surface area contributed by atoms with E-state index in [0.717, 1.165) is 16.3 Å². The zero-order valence-corrected chi connectivity index (χ0v) is 11.1. The first kappa shape index (κ1) is 12.4. The summed E-state index contributed by atoms with van der Waals surface area (Å²) in [4.78, 5) is 16.6. The Labute approximate surface area is 117 Å². The molecule has 20 heavy (non-hydrogen) atoms. The SMILES string of the molecule is Cc1cncc(C(=O)c2cc3ccccc3cc2N)c1. The third kappa shape index (κ3) is 2.14. The quantitative estimate of drug-likeness (QED) is 0.569. The lowest BCUT2D eigenvalue weighted by molar-refractivity contribution is 0.103. The van der Waals surface area contributed by atoms with Crippen LogP contribution in [0, 0.1) is 6.92 Å². The predicted molar refractivity (Wildman–Crippen MR) is 80.8 cm³/mol. The van der Waals surface area contributed by atoms with Crippen LogP contribution >= 0.6 is 0 Å². The molecule has 0 aliphatic carbocycles. The third-order valence-electron chi connectivity index (χ3n) is 3.30.